The average Bonchev–Trinajstić information content (AvgIpc) is 3.07. The largest absolute Gasteiger partial charge is 0.357 e. The van der Waals surface area contributed by atoms with Crippen molar-refractivity contribution in [2.24, 2.45) is 16.3 Å². The molecular formula is C24H39IN4O. The van der Waals surface area contributed by atoms with Crippen LogP contribution >= 0.6 is 24.0 Å². The Balaban J connectivity index is 0.00000320. The predicted octanol–water partition coefficient (Wildman–Crippen LogP) is 4.70. The molecule has 2 fully saturated rings. The first-order valence-corrected chi connectivity index (χ1v) is 11.4. The van der Waals surface area contributed by atoms with Gasteiger partial charge in [0.2, 0.25) is 5.91 Å². The fraction of sp³-hybridized carbons (Fsp3) is 0.667. The van der Waals surface area contributed by atoms with E-state index >= 15 is 0 Å². The van der Waals surface area contributed by atoms with Crippen LogP contribution in [-0.4, -0.2) is 36.4 Å². The molecule has 1 aliphatic heterocycles. The number of carbonyl (C=O) groups is 1. The van der Waals surface area contributed by atoms with Crippen LogP contribution in [0.1, 0.15) is 70.4 Å². The van der Waals surface area contributed by atoms with Gasteiger partial charge in [-0.15, -0.1) is 24.0 Å². The molecule has 0 unspecified atom stereocenters. The highest BCUT2D eigenvalue weighted by Gasteiger charge is 2.37. The Morgan fingerprint density at radius 2 is 1.90 bits per heavy atom. The highest BCUT2D eigenvalue weighted by molar-refractivity contribution is 14.0. The van der Waals surface area contributed by atoms with Gasteiger partial charge in [0.1, 0.15) is 0 Å². The van der Waals surface area contributed by atoms with Crippen molar-refractivity contribution in [3.05, 3.63) is 35.4 Å². The van der Waals surface area contributed by atoms with Crippen LogP contribution in [0.25, 0.3) is 0 Å². The SMILES string of the molecule is CCNC(=NCc1ccccc1CN1CCCC1=O)NCC1(CC(C)C)CCC1.I. The number of aliphatic imine (C=N–C) groups is 1. The zero-order valence-corrected chi connectivity index (χ0v) is 21.2. The van der Waals surface area contributed by atoms with Crippen molar-refractivity contribution >= 4 is 35.8 Å². The minimum Gasteiger partial charge on any atom is -0.357 e. The van der Waals surface area contributed by atoms with Gasteiger partial charge in [0.25, 0.3) is 0 Å². The molecule has 2 aliphatic rings. The van der Waals surface area contributed by atoms with Crippen LogP contribution in [0.15, 0.2) is 29.3 Å². The van der Waals surface area contributed by atoms with Crippen molar-refractivity contribution in [2.45, 2.75) is 72.4 Å². The third-order valence-electron chi connectivity index (χ3n) is 6.29. The smallest absolute Gasteiger partial charge is 0.222 e. The molecule has 0 radical (unpaired) electrons. The maximum atomic E-state index is 12.0. The van der Waals surface area contributed by atoms with Crippen LogP contribution in [0.4, 0.5) is 0 Å². The van der Waals surface area contributed by atoms with Crippen LogP contribution in [0.5, 0.6) is 0 Å². The van der Waals surface area contributed by atoms with Gasteiger partial charge in [-0.05, 0) is 55.1 Å². The molecular weight excluding hydrogens is 487 g/mol. The van der Waals surface area contributed by atoms with Crippen LogP contribution in [-0.2, 0) is 17.9 Å². The number of hydrogen-bond acceptors (Lipinski definition) is 2. The van der Waals surface area contributed by atoms with Gasteiger partial charge in [-0.3, -0.25) is 4.79 Å². The second-order valence-electron chi connectivity index (χ2n) is 9.19. The molecule has 0 aromatic heterocycles. The van der Waals surface area contributed by atoms with Gasteiger partial charge in [0.15, 0.2) is 5.96 Å². The van der Waals surface area contributed by atoms with E-state index in [9.17, 15) is 4.79 Å². The van der Waals surface area contributed by atoms with Crippen molar-refractivity contribution in [2.75, 3.05) is 19.6 Å². The maximum absolute atomic E-state index is 12.0. The molecule has 1 saturated heterocycles. The second-order valence-corrected chi connectivity index (χ2v) is 9.19. The van der Waals surface area contributed by atoms with E-state index in [2.05, 4.69) is 55.7 Å². The summed E-state index contributed by atoms with van der Waals surface area (Å²) in [6.45, 7) is 10.8. The molecule has 1 heterocycles. The molecule has 5 nitrogen and oxygen atoms in total. The Morgan fingerprint density at radius 3 is 2.47 bits per heavy atom. The molecule has 1 amide bonds. The molecule has 0 bridgehead atoms. The fourth-order valence-corrected chi connectivity index (χ4v) is 4.72. The zero-order valence-electron chi connectivity index (χ0n) is 18.9. The average molecular weight is 527 g/mol. The number of halogens is 1. The van der Waals surface area contributed by atoms with E-state index in [0.717, 1.165) is 37.9 Å². The highest BCUT2D eigenvalue weighted by atomic mass is 127. The van der Waals surface area contributed by atoms with Gasteiger partial charge in [0.05, 0.1) is 6.54 Å². The van der Waals surface area contributed by atoms with Gasteiger partial charge in [-0.1, -0.05) is 44.5 Å². The van der Waals surface area contributed by atoms with Gasteiger partial charge < -0.3 is 15.5 Å². The van der Waals surface area contributed by atoms with E-state index in [1.54, 1.807) is 0 Å². The van der Waals surface area contributed by atoms with Crippen LogP contribution in [0.2, 0.25) is 0 Å². The van der Waals surface area contributed by atoms with Gasteiger partial charge in [0, 0.05) is 32.6 Å². The Kier molecular flexibility index (Phi) is 9.91. The highest BCUT2D eigenvalue weighted by Crippen LogP contribution is 2.45. The van der Waals surface area contributed by atoms with Gasteiger partial charge in [-0.25, -0.2) is 4.99 Å². The molecule has 3 rings (SSSR count). The molecule has 30 heavy (non-hydrogen) atoms. The number of carbonyl (C=O) groups excluding carboxylic acids is 1. The third kappa shape index (κ3) is 6.86. The lowest BCUT2D eigenvalue weighted by Crippen LogP contribution is -2.47. The first kappa shape index (κ1) is 25.0. The van der Waals surface area contributed by atoms with E-state index in [4.69, 9.17) is 4.99 Å². The Hall–Kier alpha value is -1.31. The molecule has 6 heteroatoms. The molecule has 168 valence electrons. The summed E-state index contributed by atoms with van der Waals surface area (Å²) >= 11 is 0. The normalized spacial score (nSPS) is 18.2. The number of guanidine groups is 1. The summed E-state index contributed by atoms with van der Waals surface area (Å²) in [5.74, 6) is 1.90. The summed E-state index contributed by atoms with van der Waals surface area (Å²) in [4.78, 5) is 18.8. The summed E-state index contributed by atoms with van der Waals surface area (Å²) in [6.07, 6.45) is 6.95. The van der Waals surface area contributed by atoms with Crippen molar-refractivity contribution in [1.29, 1.82) is 0 Å². The number of nitrogens with zero attached hydrogens (tertiary/aromatic N) is 2. The monoisotopic (exact) mass is 526 g/mol. The molecule has 2 N–H and O–H groups in total. The number of nitrogens with one attached hydrogen (secondary N) is 2. The molecule has 1 saturated carbocycles. The Morgan fingerprint density at radius 1 is 1.17 bits per heavy atom. The lowest BCUT2D eigenvalue weighted by Gasteiger charge is -2.43. The van der Waals surface area contributed by atoms with E-state index in [-0.39, 0.29) is 29.9 Å². The van der Waals surface area contributed by atoms with Crippen molar-refractivity contribution in [3.63, 3.8) is 0 Å². The number of hydrogen-bond donors (Lipinski definition) is 2. The number of benzene rings is 1. The molecule has 1 aromatic rings. The summed E-state index contributed by atoms with van der Waals surface area (Å²) in [7, 11) is 0. The van der Waals surface area contributed by atoms with Crippen LogP contribution < -0.4 is 10.6 Å². The van der Waals surface area contributed by atoms with Crippen molar-refractivity contribution in [1.82, 2.24) is 15.5 Å². The van der Waals surface area contributed by atoms with E-state index in [1.165, 1.54) is 36.8 Å². The lowest BCUT2D eigenvalue weighted by molar-refractivity contribution is -0.128. The third-order valence-corrected chi connectivity index (χ3v) is 6.29. The first-order valence-electron chi connectivity index (χ1n) is 11.4. The summed E-state index contributed by atoms with van der Waals surface area (Å²) in [5.41, 5.74) is 2.85. The second kappa shape index (κ2) is 11.9. The molecule has 1 aliphatic carbocycles. The maximum Gasteiger partial charge on any atom is 0.222 e. The van der Waals surface area contributed by atoms with Gasteiger partial charge in [-0.2, -0.15) is 0 Å². The minimum absolute atomic E-state index is 0. The number of likely N-dealkylation sites (tertiary alicyclic amines) is 1. The number of amides is 1. The molecule has 0 atom stereocenters. The van der Waals surface area contributed by atoms with E-state index < -0.39 is 0 Å². The topological polar surface area (TPSA) is 56.7 Å². The predicted molar refractivity (Wildman–Crippen MR) is 135 cm³/mol. The zero-order chi connectivity index (χ0) is 20.7. The first-order chi connectivity index (χ1) is 14.0. The number of rotatable bonds is 9. The quantitative estimate of drug-likeness (QED) is 0.279. The minimum atomic E-state index is 0. The van der Waals surface area contributed by atoms with Crippen molar-refractivity contribution in [3.8, 4) is 0 Å². The Bertz CT molecular complexity index is 715. The lowest BCUT2D eigenvalue weighted by atomic mass is 9.64. The molecule has 0 spiro atoms. The fourth-order valence-electron chi connectivity index (χ4n) is 4.72. The summed E-state index contributed by atoms with van der Waals surface area (Å²) in [5, 5.41) is 7.01. The van der Waals surface area contributed by atoms with E-state index in [1.807, 2.05) is 4.90 Å². The standard InChI is InChI=1S/C24H38N4O.HI/c1-4-25-23(27-18-24(12-8-13-24)15-19(2)3)26-16-20-9-5-6-10-21(20)17-28-14-7-11-22(28)29;/h5-6,9-10,19H,4,7-8,11-18H2,1-3H3,(H2,25,26,27);1H. The molecule has 1 aromatic carbocycles. The summed E-state index contributed by atoms with van der Waals surface area (Å²) < 4.78 is 0. The Labute approximate surface area is 199 Å². The van der Waals surface area contributed by atoms with Crippen LogP contribution in [0.3, 0.4) is 0 Å². The van der Waals surface area contributed by atoms with E-state index in [0.29, 0.717) is 24.9 Å². The van der Waals surface area contributed by atoms with Crippen molar-refractivity contribution < 1.29 is 4.79 Å². The summed E-state index contributed by atoms with van der Waals surface area (Å²) in [6, 6.07) is 8.38. The van der Waals surface area contributed by atoms with Gasteiger partial charge >= 0.3 is 0 Å². The van der Waals surface area contributed by atoms with Crippen LogP contribution in [0, 0.1) is 11.3 Å².